The van der Waals surface area contributed by atoms with Crippen molar-refractivity contribution in [1.82, 2.24) is 0 Å². The summed E-state index contributed by atoms with van der Waals surface area (Å²) in [5, 5.41) is 19.5. The lowest BCUT2D eigenvalue weighted by Crippen LogP contribution is -2.38. The number of aromatic hydroxyl groups is 1. The van der Waals surface area contributed by atoms with Gasteiger partial charge in [-0.3, -0.25) is 4.79 Å². The van der Waals surface area contributed by atoms with E-state index in [0.717, 1.165) is 19.3 Å². The Morgan fingerprint density at radius 1 is 1.28 bits per heavy atom. The number of carbonyl (C=O) groups is 1. The second-order valence-electron chi connectivity index (χ2n) is 5.01. The highest BCUT2D eigenvalue weighted by Gasteiger charge is 2.44. The first-order valence-electron chi connectivity index (χ1n) is 6.21. The maximum Gasteiger partial charge on any atom is 0.314 e. The van der Waals surface area contributed by atoms with E-state index in [1.807, 2.05) is 0 Å². The van der Waals surface area contributed by atoms with Gasteiger partial charge in [0.15, 0.2) is 0 Å². The lowest BCUT2D eigenvalue weighted by Gasteiger charge is -2.35. The van der Waals surface area contributed by atoms with E-state index in [9.17, 15) is 19.4 Å². The predicted molar refractivity (Wildman–Crippen MR) is 65.2 cm³/mol. The van der Waals surface area contributed by atoms with Gasteiger partial charge in [-0.05, 0) is 37.5 Å². The summed E-state index contributed by atoms with van der Waals surface area (Å²) in [6.07, 6.45) is 3.49. The van der Waals surface area contributed by atoms with E-state index >= 15 is 0 Å². The standard InChI is InChI=1S/C14H17FO3/c1-9-10(15)5-6-11(16)12(9)14(13(17)18)7-3-2-4-8-14/h5-6,16H,2-4,7-8H2,1H3,(H,17,18). The Hall–Kier alpha value is -1.58. The topological polar surface area (TPSA) is 57.5 Å². The molecule has 2 N–H and O–H groups in total. The fourth-order valence-corrected chi connectivity index (χ4v) is 3.00. The average molecular weight is 252 g/mol. The van der Waals surface area contributed by atoms with Crippen molar-refractivity contribution in [2.24, 2.45) is 0 Å². The van der Waals surface area contributed by atoms with Gasteiger partial charge in [0.05, 0.1) is 5.41 Å². The highest BCUT2D eigenvalue weighted by atomic mass is 19.1. The second kappa shape index (κ2) is 4.59. The van der Waals surface area contributed by atoms with Crippen molar-refractivity contribution in [1.29, 1.82) is 0 Å². The number of phenolic OH excluding ortho intramolecular Hbond substituents is 1. The molecular weight excluding hydrogens is 235 g/mol. The number of halogens is 1. The van der Waals surface area contributed by atoms with Crippen LogP contribution in [0.3, 0.4) is 0 Å². The van der Waals surface area contributed by atoms with Gasteiger partial charge in [0.1, 0.15) is 11.6 Å². The largest absolute Gasteiger partial charge is 0.508 e. The first-order valence-corrected chi connectivity index (χ1v) is 6.21. The Bertz CT molecular complexity index is 476. The van der Waals surface area contributed by atoms with Crippen molar-refractivity contribution in [3.05, 3.63) is 29.1 Å². The molecule has 1 saturated carbocycles. The molecule has 2 rings (SSSR count). The lowest BCUT2D eigenvalue weighted by atomic mass is 9.68. The summed E-state index contributed by atoms with van der Waals surface area (Å²) in [6.45, 7) is 1.53. The van der Waals surface area contributed by atoms with E-state index < -0.39 is 17.2 Å². The monoisotopic (exact) mass is 252 g/mol. The number of carboxylic acid groups (broad SMARTS) is 1. The van der Waals surface area contributed by atoms with Gasteiger partial charge in [0.25, 0.3) is 0 Å². The van der Waals surface area contributed by atoms with Crippen LogP contribution >= 0.6 is 0 Å². The van der Waals surface area contributed by atoms with Crippen LogP contribution in [0.2, 0.25) is 0 Å². The number of hydrogen-bond acceptors (Lipinski definition) is 2. The zero-order valence-electron chi connectivity index (χ0n) is 10.4. The third-order valence-electron chi connectivity index (χ3n) is 3.97. The normalized spacial score (nSPS) is 18.6. The smallest absolute Gasteiger partial charge is 0.314 e. The van der Waals surface area contributed by atoms with Crippen LogP contribution in [-0.2, 0) is 10.2 Å². The summed E-state index contributed by atoms with van der Waals surface area (Å²) < 4.78 is 13.6. The molecule has 1 aromatic carbocycles. The van der Waals surface area contributed by atoms with E-state index in [-0.39, 0.29) is 16.9 Å². The van der Waals surface area contributed by atoms with Gasteiger partial charge in [-0.15, -0.1) is 0 Å². The van der Waals surface area contributed by atoms with Gasteiger partial charge in [0.2, 0.25) is 0 Å². The second-order valence-corrected chi connectivity index (χ2v) is 5.01. The molecule has 1 fully saturated rings. The fourth-order valence-electron chi connectivity index (χ4n) is 3.00. The maximum absolute atomic E-state index is 13.6. The van der Waals surface area contributed by atoms with Crippen LogP contribution in [-0.4, -0.2) is 16.2 Å². The molecule has 3 nitrogen and oxygen atoms in total. The number of phenols is 1. The molecular formula is C14H17FO3. The summed E-state index contributed by atoms with van der Waals surface area (Å²) in [6, 6.07) is 2.42. The lowest BCUT2D eigenvalue weighted by molar-refractivity contribution is -0.145. The Morgan fingerprint density at radius 2 is 1.89 bits per heavy atom. The third-order valence-corrected chi connectivity index (χ3v) is 3.97. The van der Waals surface area contributed by atoms with Crippen molar-refractivity contribution in [2.75, 3.05) is 0 Å². The first-order chi connectivity index (χ1) is 8.49. The van der Waals surface area contributed by atoms with E-state index in [2.05, 4.69) is 0 Å². The summed E-state index contributed by atoms with van der Waals surface area (Å²) in [5.74, 6) is -1.54. The summed E-state index contributed by atoms with van der Waals surface area (Å²) >= 11 is 0. The molecule has 0 amide bonds. The molecule has 0 unspecified atom stereocenters. The van der Waals surface area contributed by atoms with Crippen LogP contribution in [0.1, 0.15) is 43.2 Å². The van der Waals surface area contributed by atoms with Crippen molar-refractivity contribution in [3.8, 4) is 5.75 Å². The Balaban J connectivity index is 2.63. The molecule has 0 bridgehead atoms. The fraction of sp³-hybridized carbons (Fsp3) is 0.500. The number of aliphatic carboxylic acids is 1. The van der Waals surface area contributed by atoms with Crippen LogP contribution in [0.4, 0.5) is 4.39 Å². The zero-order valence-corrected chi connectivity index (χ0v) is 10.4. The molecule has 0 atom stereocenters. The molecule has 0 heterocycles. The van der Waals surface area contributed by atoms with Crippen LogP contribution < -0.4 is 0 Å². The van der Waals surface area contributed by atoms with Crippen molar-refractivity contribution >= 4 is 5.97 Å². The van der Waals surface area contributed by atoms with E-state index in [4.69, 9.17) is 0 Å². The van der Waals surface area contributed by atoms with Crippen molar-refractivity contribution in [3.63, 3.8) is 0 Å². The van der Waals surface area contributed by atoms with Gasteiger partial charge in [-0.25, -0.2) is 4.39 Å². The van der Waals surface area contributed by atoms with E-state index in [1.54, 1.807) is 0 Å². The average Bonchev–Trinajstić information content (AvgIpc) is 2.35. The van der Waals surface area contributed by atoms with Gasteiger partial charge >= 0.3 is 5.97 Å². The van der Waals surface area contributed by atoms with Gasteiger partial charge in [0, 0.05) is 5.56 Å². The predicted octanol–water partition coefficient (Wildman–Crippen LogP) is 3.13. The van der Waals surface area contributed by atoms with Crippen LogP contribution in [0.5, 0.6) is 5.75 Å². The molecule has 1 aliphatic rings. The van der Waals surface area contributed by atoms with E-state index in [1.165, 1.54) is 19.1 Å². The molecule has 1 aliphatic carbocycles. The highest BCUT2D eigenvalue weighted by Crippen LogP contribution is 2.45. The highest BCUT2D eigenvalue weighted by molar-refractivity contribution is 5.83. The quantitative estimate of drug-likeness (QED) is 0.850. The SMILES string of the molecule is Cc1c(F)ccc(O)c1C1(C(=O)O)CCCCC1. The molecule has 0 radical (unpaired) electrons. The van der Waals surface area contributed by atoms with E-state index in [0.29, 0.717) is 12.8 Å². The zero-order chi connectivity index (χ0) is 13.3. The van der Waals surface area contributed by atoms with Crippen LogP contribution in [0.25, 0.3) is 0 Å². The molecule has 4 heteroatoms. The number of carboxylic acids is 1. The Morgan fingerprint density at radius 3 is 2.44 bits per heavy atom. The maximum atomic E-state index is 13.6. The van der Waals surface area contributed by atoms with Crippen LogP contribution in [0.15, 0.2) is 12.1 Å². The summed E-state index contributed by atoms with van der Waals surface area (Å²) in [7, 11) is 0. The van der Waals surface area contributed by atoms with Crippen molar-refractivity contribution in [2.45, 2.75) is 44.4 Å². The van der Waals surface area contributed by atoms with Crippen LogP contribution in [0, 0.1) is 12.7 Å². The minimum Gasteiger partial charge on any atom is -0.508 e. The molecule has 0 saturated heterocycles. The molecule has 0 spiro atoms. The molecule has 0 aliphatic heterocycles. The Labute approximate surface area is 105 Å². The van der Waals surface area contributed by atoms with Crippen molar-refractivity contribution < 1.29 is 19.4 Å². The minimum absolute atomic E-state index is 0.113. The first kappa shape index (κ1) is 12.9. The van der Waals surface area contributed by atoms with Gasteiger partial charge in [-0.2, -0.15) is 0 Å². The molecule has 1 aromatic rings. The number of rotatable bonds is 2. The third kappa shape index (κ3) is 1.85. The molecule has 98 valence electrons. The molecule has 18 heavy (non-hydrogen) atoms. The molecule has 0 aromatic heterocycles. The summed E-state index contributed by atoms with van der Waals surface area (Å²) in [5.41, 5.74) is -0.622. The number of benzene rings is 1. The summed E-state index contributed by atoms with van der Waals surface area (Å²) in [4.78, 5) is 11.7. The van der Waals surface area contributed by atoms with Gasteiger partial charge < -0.3 is 10.2 Å². The van der Waals surface area contributed by atoms with Gasteiger partial charge in [-0.1, -0.05) is 19.3 Å². The number of hydrogen-bond donors (Lipinski definition) is 2. The minimum atomic E-state index is -1.13. The Kier molecular flexibility index (Phi) is 3.28.